The van der Waals surface area contributed by atoms with Crippen molar-refractivity contribution in [2.45, 2.75) is 31.9 Å². The van der Waals surface area contributed by atoms with E-state index in [0.717, 1.165) is 53.1 Å². The van der Waals surface area contributed by atoms with Crippen molar-refractivity contribution in [1.29, 1.82) is 0 Å². The number of benzene rings is 1. The Morgan fingerprint density at radius 1 is 1.30 bits per heavy atom. The molecule has 0 radical (unpaired) electrons. The number of methoxy groups -OCH3 is 1. The minimum Gasteiger partial charge on any atom is -0.494 e. The van der Waals surface area contributed by atoms with Crippen LogP contribution in [0.5, 0.6) is 5.75 Å². The number of nitrogens with zero attached hydrogens (tertiary/aromatic N) is 5. The highest BCUT2D eigenvalue weighted by atomic mass is 16.5. The van der Waals surface area contributed by atoms with E-state index in [4.69, 9.17) is 14.5 Å². The molecule has 0 spiro atoms. The molecule has 196 valence electrons. The molecular weight excluding hydrogens is 468 g/mol. The average molecular weight is 505 g/mol. The van der Waals surface area contributed by atoms with Crippen molar-refractivity contribution >= 4 is 28.0 Å². The molecule has 0 unspecified atom stereocenters. The minimum absolute atomic E-state index is 0. The maximum absolute atomic E-state index is 13.5. The Labute approximate surface area is 217 Å². The molecule has 1 aromatic carbocycles. The number of imidazole rings is 1. The number of morpholine rings is 1. The van der Waals surface area contributed by atoms with Crippen molar-refractivity contribution in [1.82, 2.24) is 29.3 Å². The smallest absolute Gasteiger partial charge is 0.254 e. The van der Waals surface area contributed by atoms with Gasteiger partial charge < -0.3 is 28.8 Å². The molecule has 4 aromatic rings. The quantitative estimate of drug-likeness (QED) is 0.394. The van der Waals surface area contributed by atoms with E-state index in [1.54, 1.807) is 7.11 Å². The van der Waals surface area contributed by atoms with Crippen LogP contribution in [0.15, 0.2) is 36.5 Å². The lowest BCUT2D eigenvalue weighted by atomic mass is 10.1. The lowest BCUT2D eigenvalue weighted by Crippen LogP contribution is -2.46. The summed E-state index contributed by atoms with van der Waals surface area (Å²) in [7, 11) is 5.58. The number of ether oxygens (including phenoxy) is 2. The first-order valence-electron chi connectivity index (χ1n) is 13.1. The van der Waals surface area contributed by atoms with Crippen molar-refractivity contribution in [2.24, 2.45) is 13.0 Å². The fraction of sp³-hybridized carbons (Fsp3) is 0.464. The number of hydrogen-bond acceptors (Lipinski definition) is 6. The highest BCUT2D eigenvalue weighted by Crippen LogP contribution is 2.37. The average Bonchev–Trinajstić information content (AvgIpc) is 3.60. The van der Waals surface area contributed by atoms with Gasteiger partial charge in [-0.15, -0.1) is 0 Å². The third-order valence-corrected chi connectivity index (χ3v) is 7.57. The molecule has 0 bridgehead atoms. The topological polar surface area (TPSA) is 86.4 Å². The van der Waals surface area contributed by atoms with Gasteiger partial charge in [0.2, 0.25) is 0 Å². The molecule has 9 heteroatoms. The standard InChI is InChI=1S/C28H34N6O3.H2/c1-29-10-8-21-17-33(11-12-37-21)28(35)20-13-22-25(24(15-20)36-3)32(2)27(31-22)23-14-19-5-4-9-30-26(19)34(23)16-18-6-7-18;/h4-5,9,13-15,18,21,29H,6-8,10-12,16-17H2,1-3H3;1H/t21-;/m1./s1. The monoisotopic (exact) mass is 504 g/mol. The van der Waals surface area contributed by atoms with Crippen LogP contribution in [0, 0.1) is 5.92 Å². The summed E-state index contributed by atoms with van der Waals surface area (Å²) in [5.41, 5.74) is 4.23. The molecule has 1 aliphatic carbocycles. The Balaban J connectivity index is 0.00000294. The summed E-state index contributed by atoms with van der Waals surface area (Å²) in [6.45, 7) is 3.51. The molecular formula is C28H36N6O3. The Kier molecular flexibility index (Phi) is 6.34. The molecule has 1 atom stereocenters. The van der Waals surface area contributed by atoms with Crippen LogP contribution >= 0.6 is 0 Å². The SMILES string of the molecule is CNCC[C@@H]1CN(C(=O)c2cc(OC)c3c(c2)nc(-c2cc4cccnc4n2CC2CC2)n3C)CCO1.[HH]. The summed E-state index contributed by atoms with van der Waals surface area (Å²) in [6, 6.07) is 9.98. The van der Waals surface area contributed by atoms with E-state index in [9.17, 15) is 4.79 Å². The number of aryl methyl sites for hydroxylation is 1. The number of amides is 1. The van der Waals surface area contributed by atoms with Gasteiger partial charge in [-0.25, -0.2) is 9.97 Å². The first-order valence-corrected chi connectivity index (χ1v) is 13.1. The zero-order valence-corrected chi connectivity index (χ0v) is 21.7. The molecule has 1 N–H and O–H groups in total. The summed E-state index contributed by atoms with van der Waals surface area (Å²) in [5.74, 6) is 2.16. The van der Waals surface area contributed by atoms with Crippen LogP contribution in [0.3, 0.4) is 0 Å². The predicted molar refractivity (Wildman–Crippen MR) is 145 cm³/mol. The number of hydrogen-bond donors (Lipinski definition) is 1. The minimum atomic E-state index is -0.0165. The van der Waals surface area contributed by atoms with E-state index >= 15 is 0 Å². The van der Waals surface area contributed by atoms with Gasteiger partial charge >= 0.3 is 0 Å². The summed E-state index contributed by atoms with van der Waals surface area (Å²) < 4.78 is 16.0. The van der Waals surface area contributed by atoms with Crippen molar-refractivity contribution in [3.05, 3.63) is 42.1 Å². The number of rotatable bonds is 8. The Bertz CT molecular complexity index is 1460. The maximum Gasteiger partial charge on any atom is 0.254 e. The number of carbonyl (C=O) groups is 1. The summed E-state index contributed by atoms with van der Waals surface area (Å²) in [6.07, 6.45) is 5.27. The van der Waals surface area contributed by atoms with Gasteiger partial charge in [0.15, 0.2) is 5.82 Å². The van der Waals surface area contributed by atoms with Gasteiger partial charge in [-0.1, -0.05) is 0 Å². The highest BCUT2D eigenvalue weighted by molar-refractivity contribution is 6.00. The van der Waals surface area contributed by atoms with E-state index in [0.29, 0.717) is 36.9 Å². The fourth-order valence-corrected chi connectivity index (χ4v) is 5.40. The summed E-state index contributed by atoms with van der Waals surface area (Å²) in [5, 5.41) is 4.26. The third kappa shape index (κ3) is 4.46. The first kappa shape index (κ1) is 23.9. The van der Waals surface area contributed by atoms with Crippen LogP contribution in [0.2, 0.25) is 0 Å². The number of pyridine rings is 1. The third-order valence-electron chi connectivity index (χ3n) is 7.57. The van der Waals surface area contributed by atoms with Gasteiger partial charge in [0.25, 0.3) is 5.91 Å². The van der Waals surface area contributed by atoms with Crippen LogP contribution in [0.4, 0.5) is 0 Å². The number of carbonyl (C=O) groups excluding carboxylic acids is 1. The number of aromatic nitrogens is 4. The van der Waals surface area contributed by atoms with Gasteiger partial charge in [-0.2, -0.15) is 0 Å². The van der Waals surface area contributed by atoms with Crippen molar-refractivity contribution < 1.29 is 15.7 Å². The molecule has 2 aliphatic rings. The molecule has 4 heterocycles. The molecule has 1 saturated carbocycles. The molecule has 37 heavy (non-hydrogen) atoms. The summed E-state index contributed by atoms with van der Waals surface area (Å²) in [4.78, 5) is 25.2. The second-order valence-electron chi connectivity index (χ2n) is 10.2. The maximum atomic E-state index is 13.5. The zero-order chi connectivity index (χ0) is 25.5. The lowest BCUT2D eigenvalue weighted by Gasteiger charge is -2.33. The van der Waals surface area contributed by atoms with Gasteiger partial charge in [0.1, 0.15) is 16.9 Å². The molecule has 1 saturated heterocycles. The molecule has 2 fully saturated rings. The van der Waals surface area contributed by atoms with E-state index in [2.05, 4.69) is 31.6 Å². The Morgan fingerprint density at radius 2 is 2.16 bits per heavy atom. The first-order chi connectivity index (χ1) is 18.1. The van der Waals surface area contributed by atoms with Crippen LogP contribution in [-0.4, -0.2) is 76.4 Å². The van der Waals surface area contributed by atoms with Gasteiger partial charge in [0, 0.05) is 45.3 Å². The predicted octanol–water partition coefficient (Wildman–Crippen LogP) is 3.71. The van der Waals surface area contributed by atoms with Crippen LogP contribution in [-0.2, 0) is 18.3 Å². The highest BCUT2D eigenvalue weighted by Gasteiger charge is 2.28. The fourth-order valence-electron chi connectivity index (χ4n) is 5.40. The second-order valence-corrected chi connectivity index (χ2v) is 10.2. The van der Waals surface area contributed by atoms with E-state index in [-0.39, 0.29) is 13.4 Å². The molecule has 1 amide bonds. The second kappa shape index (κ2) is 9.79. The summed E-state index contributed by atoms with van der Waals surface area (Å²) >= 11 is 0. The van der Waals surface area contributed by atoms with E-state index < -0.39 is 0 Å². The molecule has 3 aromatic heterocycles. The molecule has 9 nitrogen and oxygen atoms in total. The van der Waals surface area contributed by atoms with Crippen LogP contribution < -0.4 is 10.1 Å². The van der Waals surface area contributed by atoms with Gasteiger partial charge in [-0.3, -0.25) is 4.79 Å². The molecule has 6 rings (SSSR count). The van der Waals surface area contributed by atoms with Crippen molar-refractivity contribution in [2.75, 3.05) is 40.4 Å². The van der Waals surface area contributed by atoms with E-state index in [1.165, 1.54) is 12.8 Å². The normalized spacial score (nSPS) is 18.1. The lowest BCUT2D eigenvalue weighted by molar-refractivity contribution is -0.0243. The van der Waals surface area contributed by atoms with Gasteiger partial charge in [0.05, 0.1) is 31.0 Å². The van der Waals surface area contributed by atoms with Crippen molar-refractivity contribution in [3.8, 4) is 17.3 Å². The van der Waals surface area contributed by atoms with E-state index in [1.807, 2.05) is 43.4 Å². The van der Waals surface area contributed by atoms with Gasteiger partial charge in [-0.05, 0) is 69.1 Å². The van der Waals surface area contributed by atoms with Crippen molar-refractivity contribution in [3.63, 3.8) is 0 Å². The number of nitrogens with one attached hydrogen (secondary N) is 1. The van der Waals surface area contributed by atoms with Crippen LogP contribution in [0.25, 0.3) is 33.6 Å². The van der Waals surface area contributed by atoms with Crippen LogP contribution in [0.1, 0.15) is 31.0 Å². The Hall–Kier alpha value is -3.43. The number of fused-ring (bicyclic) bond motifs is 2. The Morgan fingerprint density at radius 3 is 2.95 bits per heavy atom. The zero-order valence-electron chi connectivity index (χ0n) is 21.7. The largest absolute Gasteiger partial charge is 0.494 e. The molecule has 1 aliphatic heterocycles.